The van der Waals surface area contributed by atoms with Gasteiger partial charge in [-0.15, -0.1) is 0 Å². The van der Waals surface area contributed by atoms with Crippen molar-refractivity contribution < 1.29 is 0 Å². The molecule has 3 rings (SSSR count). The summed E-state index contributed by atoms with van der Waals surface area (Å²) in [7, 11) is 0. The van der Waals surface area contributed by atoms with Gasteiger partial charge in [0.2, 0.25) is 0 Å². The van der Waals surface area contributed by atoms with Crippen LogP contribution in [0.2, 0.25) is 5.02 Å². The molecular formula is C14H13BrClN3. The first-order valence-electron chi connectivity index (χ1n) is 6.09. The van der Waals surface area contributed by atoms with Crippen molar-refractivity contribution >= 4 is 39.0 Å². The van der Waals surface area contributed by atoms with Crippen molar-refractivity contribution in [1.29, 1.82) is 0 Å². The van der Waals surface area contributed by atoms with E-state index in [9.17, 15) is 0 Å². The number of hydrogen-bond acceptors (Lipinski definition) is 3. The average Bonchev–Trinajstić information content (AvgIpc) is 2.75. The monoisotopic (exact) mass is 337 g/mol. The van der Waals surface area contributed by atoms with Crippen LogP contribution in [0, 0.1) is 0 Å². The molecule has 1 atom stereocenters. The summed E-state index contributed by atoms with van der Waals surface area (Å²) in [5, 5.41) is 4.03. The van der Waals surface area contributed by atoms with Gasteiger partial charge < -0.3 is 11.1 Å². The lowest BCUT2D eigenvalue weighted by atomic mass is 10.1. The number of fused-ring (bicyclic) bond motifs is 1. The van der Waals surface area contributed by atoms with Crippen molar-refractivity contribution in [3.05, 3.63) is 51.1 Å². The van der Waals surface area contributed by atoms with E-state index in [-0.39, 0.29) is 6.04 Å². The first-order valence-corrected chi connectivity index (χ1v) is 7.26. The third-order valence-corrected chi connectivity index (χ3v) is 4.09. The Bertz CT molecular complexity index is 630. The normalized spacial score (nSPS) is 17.3. The minimum atomic E-state index is 0.252. The van der Waals surface area contributed by atoms with Gasteiger partial charge >= 0.3 is 0 Å². The van der Waals surface area contributed by atoms with Crippen molar-refractivity contribution in [2.45, 2.75) is 18.9 Å². The maximum absolute atomic E-state index is 6.19. The van der Waals surface area contributed by atoms with Gasteiger partial charge in [-0.1, -0.05) is 17.7 Å². The van der Waals surface area contributed by atoms with Crippen LogP contribution in [-0.4, -0.2) is 4.98 Å². The number of nitrogens with zero attached hydrogens (tertiary/aromatic N) is 1. The van der Waals surface area contributed by atoms with Crippen molar-refractivity contribution in [2.75, 3.05) is 11.1 Å². The third kappa shape index (κ3) is 2.55. The molecule has 19 heavy (non-hydrogen) atoms. The third-order valence-electron chi connectivity index (χ3n) is 3.36. The molecule has 0 radical (unpaired) electrons. The fourth-order valence-electron chi connectivity index (χ4n) is 2.47. The molecule has 0 bridgehead atoms. The first-order chi connectivity index (χ1) is 9.13. The second-order valence-electron chi connectivity index (χ2n) is 4.68. The number of pyridine rings is 1. The van der Waals surface area contributed by atoms with Gasteiger partial charge in [0.05, 0.1) is 11.1 Å². The van der Waals surface area contributed by atoms with Crippen molar-refractivity contribution in [2.24, 2.45) is 0 Å². The lowest BCUT2D eigenvalue weighted by Crippen LogP contribution is -2.08. The highest BCUT2D eigenvalue weighted by Gasteiger charge is 2.23. The molecule has 0 saturated heterocycles. The highest BCUT2D eigenvalue weighted by Crippen LogP contribution is 2.36. The molecule has 3 nitrogen and oxygen atoms in total. The van der Waals surface area contributed by atoms with Gasteiger partial charge in [0, 0.05) is 16.4 Å². The van der Waals surface area contributed by atoms with Gasteiger partial charge in [0.1, 0.15) is 5.82 Å². The average molecular weight is 339 g/mol. The smallest absolute Gasteiger partial charge is 0.145 e. The zero-order chi connectivity index (χ0) is 13.4. The van der Waals surface area contributed by atoms with Crippen LogP contribution < -0.4 is 11.1 Å². The van der Waals surface area contributed by atoms with Gasteiger partial charge in [-0.25, -0.2) is 4.98 Å². The van der Waals surface area contributed by atoms with Gasteiger partial charge in [0.15, 0.2) is 0 Å². The summed E-state index contributed by atoms with van der Waals surface area (Å²) in [6.45, 7) is 0. The molecule has 1 aromatic carbocycles. The molecule has 1 unspecified atom stereocenters. The number of nitrogens with one attached hydrogen (secondary N) is 1. The number of aryl methyl sites for hydroxylation is 1. The molecule has 3 N–H and O–H groups in total. The lowest BCUT2D eigenvalue weighted by molar-refractivity contribution is 0.757. The van der Waals surface area contributed by atoms with E-state index in [1.807, 2.05) is 18.2 Å². The number of aromatic nitrogens is 1. The molecule has 1 aliphatic rings. The lowest BCUT2D eigenvalue weighted by Gasteiger charge is -2.16. The van der Waals surface area contributed by atoms with Gasteiger partial charge in [-0.2, -0.15) is 0 Å². The molecular weight excluding hydrogens is 326 g/mol. The number of nitrogen functional groups attached to an aromatic ring is 1. The Hall–Kier alpha value is -1.26. The number of anilines is 2. The van der Waals surface area contributed by atoms with E-state index in [4.69, 9.17) is 17.3 Å². The summed E-state index contributed by atoms with van der Waals surface area (Å²) >= 11 is 9.54. The molecule has 2 aromatic rings. The number of benzene rings is 1. The molecule has 1 heterocycles. The zero-order valence-electron chi connectivity index (χ0n) is 10.2. The standard InChI is InChI=1S/C14H13BrClN3/c15-9-6-12(16)14(18-7-9)19-13-4-1-8-5-10(17)2-3-11(8)13/h2-3,5-7,13H,1,4,17H2,(H,18,19). The predicted octanol–water partition coefficient (Wildman–Crippen LogP) is 4.18. The molecule has 0 aliphatic heterocycles. The van der Waals surface area contributed by atoms with Gasteiger partial charge in [-0.05, 0) is 58.1 Å². The molecule has 5 heteroatoms. The molecule has 0 fully saturated rings. The van der Waals surface area contributed by atoms with Crippen molar-refractivity contribution in [3.63, 3.8) is 0 Å². The SMILES string of the molecule is Nc1ccc2c(c1)CCC2Nc1ncc(Br)cc1Cl. The zero-order valence-corrected chi connectivity index (χ0v) is 12.5. The van der Waals surface area contributed by atoms with Crippen LogP contribution in [-0.2, 0) is 6.42 Å². The van der Waals surface area contributed by atoms with Crippen LogP contribution in [0.25, 0.3) is 0 Å². The molecule has 1 aliphatic carbocycles. The molecule has 0 saturated carbocycles. The van der Waals surface area contributed by atoms with Crippen LogP contribution in [0.3, 0.4) is 0 Å². The fourth-order valence-corrected chi connectivity index (χ4v) is 3.16. The predicted molar refractivity (Wildman–Crippen MR) is 82.5 cm³/mol. The van der Waals surface area contributed by atoms with Gasteiger partial charge in [-0.3, -0.25) is 0 Å². The highest BCUT2D eigenvalue weighted by molar-refractivity contribution is 9.10. The van der Waals surface area contributed by atoms with Crippen LogP contribution in [0.1, 0.15) is 23.6 Å². The molecule has 98 valence electrons. The van der Waals surface area contributed by atoms with Gasteiger partial charge in [0.25, 0.3) is 0 Å². The summed E-state index contributed by atoms with van der Waals surface area (Å²) in [5.41, 5.74) is 9.23. The van der Waals surface area contributed by atoms with Crippen molar-refractivity contribution in [3.8, 4) is 0 Å². The molecule has 0 spiro atoms. The number of nitrogens with two attached hydrogens (primary N) is 1. The van der Waals surface area contributed by atoms with E-state index < -0.39 is 0 Å². The second kappa shape index (κ2) is 5.02. The quantitative estimate of drug-likeness (QED) is 0.808. The minimum Gasteiger partial charge on any atom is -0.399 e. The summed E-state index contributed by atoms with van der Waals surface area (Å²) in [5.74, 6) is 0.722. The number of halogens is 2. The van der Waals surface area contributed by atoms with Crippen molar-refractivity contribution in [1.82, 2.24) is 4.98 Å². The maximum Gasteiger partial charge on any atom is 0.145 e. The fraction of sp³-hybridized carbons (Fsp3) is 0.214. The van der Waals surface area contributed by atoms with E-state index in [1.165, 1.54) is 11.1 Å². The highest BCUT2D eigenvalue weighted by atomic mass is 79.9. The van der Waals surface area contributed by atoms with E-state index in [0.29, 0.717) is 5.02 Å². The van der Waals surface area contributed by atoms with E-state index >= 15 is 0 Å². The van der Waals surface area contributed by atoms with E-state index in [0.717, 1.165) is 28.8 Å². The maximum atomic E-state index is 6.19. The summed E-state index contributed by atoms with van der Waals surface area (Å²) in [6, 6.07) is 8.17. The summed E-state index contributed by atoms with van der Waals surface area (Å²) < 4.78 is 0.877. The molecule has 1 aromatic heterocycles. The second-order valence-corrected chi connectivity index (χ2v) is 6.00. The number of rotatable bonds is 2. The van der Waals surface area contributed by atoms with Crippen LogP contribution in [0.15, 0.2) is 34.9 Å². The summed E-state index contributed by atoms with van der Waals surface area (Å²) in [6.07, 6.45) is 3.81. The number of hydrogen-bond donors (Lipinski definition) is 2. The Morgan fingerprint density at radius 1 is 1.37 bits per heavy atom. The largest absolute Gasteiger partial charge is 0.399 e. The Balaban J connectivity index is 1.86. The molecule has 0 amide bonds. The Morgan fingerprint density at radius 3 is 3.00 bits per heavy atom. The Kier molecular flexibility index (Phi) is 3.37. The van der Waals surface area contributed by atoms with E-state index in [1.54, 1.807) is 6.20 Å². The summed E-state index contributed by atoms with van der Waals surface area (Å²) in [4.78, 5) is 4.32. The Labute approximate surface area is 125 Å². The van der Waals surface area contributed by atoms with Crippen LogP contribution in [0.4, 0.5) is 11.5 Å². The van der Waals surface area contributed by atoms with Crippen LogP contribution in [0.5, 0.6) is 0 Å². The van der Waals surface area contributed by atoms with Crippen LogP contribution >= 0.6 is 27.5 Å². The first kappa shape index (κ1) is 12.8. The Morgan fingerprint density at radius 2 is 2.21 bits per heavy atom. The topological polar surface area (TPSA) is 50.9 Å². The van der Waals surface area contributed by atoms with E-state index in [2.05, 4.69) is 32.3 Å². The minimum absolute atomic E-state index is 0.252.